The molecule has 0 aliphatic carbocycles. The molecule has 0 saturated carbocycles. The van der Waals surface area contributed by atoms with Crippen LogP contribution in [0.4, 0.5) is 4.39 Å². The van der Waals surface area contributed by atoms with Crippen LogP contribution in [0, 0.1) is 0 Å². The van der Waals surface area contributed by atoms with Crippen molar-refractivity contribution in [3.05, 3.63) is 33.1 Å². The monoisotopic (exact) mass is 540 g/mol. The van der Waals surface area contributed by atoms with Gasteiger partial charge in [0.25, 0.3) is 5.56 Å². The van der Waals surface area contributed by atoms with Gasteiger partial charge in [0.1, 0.15) is 12.2 Å². The molecule has 0 unspecified atom stereocenters. The summed E-state index contributed by atoms with van der Waals surface area (Å²) in [6.07, 6.45) is -4.73. The molecule has 1 aromatic heterocycles. The van der Waals surface area contributed by atoms with Crippen molar-refractivity contribution < 1.29 is 77.1 Å². The van der Waals surface area contributed by atoms with Gasteiger partial charge in [-0.2, -0.15) is 0 Å². The number of ether oxygens (including phenoxy) is 1. The Balaban J connectivity index is 0. The third kappa shape index (κ3) is 19.5. The van der Waals surface area contributed by atoms with Crippen molar-refractivity contribution in [2.45, 2.75) is 24.6 Å². The zero-order valence-corrected chi connectivity index (χ0v) is 17.9. The van der Waals surface area contributed by atoms with E-state index in [2.05, 4.69) is 0 Å². The Labute approximate surface area is 175 Å². The molecule has 19 nitrogen and oxygen atoms in total. The Bertz CT molecular complexity index is 875. The number of aromatic nitrogens is 2. The van der Waals surface area contributed by atoms with Gasteiger partial charge in [-0.15, -0.1) is 0 Å². The van der Waals surface area contributed by atoms with E-state index in [1.54, 1.807) is 0 Å². The minimum Gasteiger partial charge on any atom is -0.394 e. The molecular weight excluding hydrogens is 520 g/mol. The van der Waals surface area contributed by atoms with Crippen LogP contribution in [-0.2, 0) is 18.4 Å². The Morgan fingerprint density at radius 2 is 1.31 bits per heavy atom. The van der Waals surface area contributed by atoms with Crippen LogP contribution >= 0.6 is 23.5 Å². The third-order valence-electron chi connectivity index (χ3n) is 2.60. The molecule has 4 atom stereocenters. The van der Waals surface area contributed by atoms with Gasteiger partial charge in [0.15, 0.2) is 12.4 Å². The number of aliphatic hydroxyl groups excluding tert-OH is 2. The van der Waals surface area contributed by atoms with Crippen LogP contribution in [0.1, 0.15) is 6.23 Å². The molecule has 0 spiro atoms. The van der Waals surface area contributed by atoms with Gasteiger partial charge in [-0.05, 0) is 0 Å². The predicted octanol–water partition coefficient (Wildman–Crippen LogP) is -4.66. The van der Waals surface area contributed by atoms with E-state index in [0.29, 0.717) is 0 Å². The van der Waals surface area contributed by atoms with E-state index in [4.69, 9.17) is 67.6 Å². The Kier molecular flexibility index (Phi) is 13.9. The lowest BCUT2D eigenvalue weighted by molar-refractivity contribution is -0.0491. The summed E-state index contributed by atoms with van der Waals surface area (Å²) in [5.41, 5.74) is -1.45. The van der Waals surface area contributed by atoms with Crippen molar-refractivity contribution in [3.8, 4) is 0 Å². The van der Waals surface area contributed by atoms with Crippen molar-refractivity contribution in [2.24, 2.45) is 0 Å². The number of nitrogens with zero attached hydrogens (tertiary/aromatic N) is 1. The first-order valence-electron chi connectivity index (χ1n) is 7.29. The van der Waals surface area contributed by atoms with Crippen molar-refractivity contribution in [1.82, 2.24) is 9.55 Å². The van der Waals surface area contributed by atoms with Gasteiger partial charge in [0.05, 0.1) is 6.61 Å². The van der Waals surface area contributed by atoms with Crippen LogP contribution in [-0.4, -0.2) is 88.8 Å². The SMILES string of the molecule is O=P(O)(O)O.O=P(O)(O)O.O=P(O)(O)O.O=c1ccn([C@@H]2O[C@H](CO)[C@@H](O)[C@@H]2F)c(=O)[nH]1. The molecule has 1 aliphatic rings. The van der Waals surface area contributed by atoms with Gasteiger partial charge in [0, 0.05) is 12.3 Å². The highest BCUT2D eigenvalue weighted by Gasteiger charge is 2.45. The van der Waals surface area contributed by atoms with Gasteiger partial charge in [-0.1, -0.05) is 0 Å². The summed E-state index contributed by atoms with van der Waals surface area (Å²) < 4.78 is 46.1. The van der Waals surface area contributed by atoms with Crippen LogP contribution in [0.25, 0.3) is 0 Å². The number of aromatic amines is 1. The van der Waals surface area contributed by atoms with E-state index in [1.165, 1.54) is 0 Å². The number of rotatable bonds is 2. The maximum atomic E-state index is 13.6. The fraction of sp³-hybridized carbons (Fsp3) is 0.556. The number of phosphoric acid groups is 3. The first-order valence-corrected chi connectivity index (χ1v) is 12.0. The number of hydrogen-bond donors (Lipinski definition) is 12. The molecule has 0 aromatic carbocycles. The lowest BCUT2D eigenvalue weighted by Crippen LogP contribution is -2.35. The molecule has 12 N–H and O–H groups in total. The van der Waals surface area contributed by atoms with Gasteiger partial charge in [-0.25, -0.2) is 22.9 Å². The molecule has 2 heterocycles. The molecule has 2 rings (SSSR count). The zero-order valence-electron chi connectivity index (χ0n) is 15.2. The number of H-pyrrole nitrogens is 1. The smallest absolute Gasteiger partial charge is 0.394 e. The van der Waals surface area contributed by atoms with Crippen LogP contribution in [0.5, 0.6) is 0 Å². The number of alkyl halides is 1. The van der Waals surface area contributed by atoms with Gasteiger partial charge < -0.3 is 59.0 Å². The first-order chi connectivity index (χ1) is 14.0. The Morgan fingerprint density at radius 1 is 0.938 bits per heavy atom. The maximum absolute atomic E-state index is 13.6. The molecule has 1 saturated heterocycles. The number of hydrogen-bond acceptors (Lipinski definition) is 8. The molecule has 1 fully saturated rings. The van der Waals surface area contributed by atoms with Gasteiger partial charge >= 0.3 is 29.2 Å². The van der Waals surface area contributed by atoms with Gasteiger partial charge in [-0.3, -0.25) is 14.3 Å². The summed E-state index contributed by atoms with van der Waals surface area (Å²) in [5.74, 6) is 0. The zero-order chi connectivity index (χ0) is 26.1. The lowest BCUT2D eigenvalue weighted by atomic mass is 10.1. The summed E-state index contributed by atoms with van der Waals surface area (Å²) in [6, 6.07) is 1.04. The highest BCUT2D eigenvalue weighted by molar-refractivity contribution is 7.45. The molecule has 0 radical (unpaired) electrons. The summed E-state index contributed by atoms with van der Waals surface area (Å²) in [6.45, 7) is -0.559. The second-order valence-electron chi connectivity index (χ2n) is 5.24. The van der Waals surface area contributed by atoms with Crippen LogP contribution in [0.3, 0.4) is 0 Å². The van der Waals surface area contributed by atoms with E-state index in [9.17, 15) is 19.1 Å². The van der Waals surface area contributed by atoms with E-state index >= 15 is 0 Å². The second-order valence-corrected chi connectivity index (χ2v) is 8.32. The number of halogens is 1. The van der Waals surface area contributed by atoms with E-state index in [0.717, 1.165) is 16.8 Å². The minimum absolute atomic E-state index is 0.559. The average molecular weight is 540 g/mol. The fourth-order valence-corrected chi connectivity index (χ4v) is 1.71. The van der Waals surface area contributed by atoms with Crippen LogP contribution in [0.15, 0.2) is 21.9 Å². The van der Waals surface area contributed by atoms with Crippen molar-refractivity contribution >= 4 is 23.5 Å². The summed E-state index contributed by atoms with van der Waals surface area (Å²) in [4.78, 5) is 88.9. The topological polar surface area (TPSA) is 338 Å². The Morgan fingerprint density at radius 3 is 1.59 bits per heavy atom. The van der Waals surface area contributed by atoms with E-state index in [-0.39, 0.29) is 0 Å². The highest BCUT2D eigenvalue weighted by atomic mass is 31.2. The van der Waals surface area contributed by atoms with Crippen molar-refractivity contribution in [3.63, 3.8) is 0 Å². The van der Waals surface area contributed by atoms with Crippen molar-refractivity contribution in [2.75, 3.05) is 6.61 Å². The average Bonchev–Trinajstić information content (AvgIpc) is 2.78. The molecule has 0 bridgehead atoms. The summed E-state index contributed by atoms with van der Waals surface area (Å²) in [5, 5.41) is 18.2. The largest absolute Gasteiger partial charge is 0.466 e. The summed E-state index contributed by atoms with van der Waals surface area (Å²) >= 11 is 0. The highest BCUT2D eigenvalue weighted by Crippen LogP contribution is 2.30. The molecule has 32 heavy (non-hydrogen) atoms. The normalized spacial score (nSPS) is 23.0. The third-order valence-corrected chi connectivity index (χ3v) is 2.60. The molecular formula is C9H20FN2O17P3. The number of aliphatic hydroxyl groups is 2. The maximum Gasteiger partial charge on any atom is 0.466 e. The summed E-state index contributed by atoms with van der Waals surface area (Å²) in [7, 11) is -13.9. The molecule has 1 aliphatic heterocycles. The standard InChI is InChI=1S/C9H11FN2O5.3H3O4P/c10-6-7(15)4(3-13)17-8(6)12-2-1-5(14)11-9(12)16;3*1-5(2,3)4/h1-2,4,6-8,13,15H,3H2,(H,11,14,16);3*(H3,1,2,3,4)/t4-,6+,7-,8-;;;/m1.../s1. The van der Waals surface area contributed by atoms with Crippen LogP contribution in [0.2, 0.25) is 0 Å². The minimum atomic E-state index is -4.64. The second kappa shape index (κ2) is 13.5. The van der Waals surface area contributed by atoms with Crippen molar-refractivity contribution in [1.29, 1.82) is 0 Å². The molecule has 1 aromatic rings. The van der Waals surface area contributed by atoms with E-state index in [1.807, 2.05) is 4.98 Å². The quantitative estimate of drug-likeness (QED) is 0.157. The van der Waals surface area contributed by atoms with Gasteiger partial charge in [0.2, 0.25) is 0 Å². The molecule has 0 amide bonds. The Hall–Kier alpha value is -1.18. The fourth-order valence-electron chi connectivity index (χ4n) is 1.71. The lowest BCUT2D eigenvalue weighted by Gasteiger charge is -2.15. The number of nitrogens with one attached hydrogen (secondary N) is 1. The van der Waals surface area contributed by atoms with E-state index < -0.39 is 65.9 Å². The first kappa shape index (κ1) is 33.0. The molecule has 190 valence electrons. The van der Waals surface area contributed by atoms with Crippen LogP contribution < -0.4 is 11.2 Å². The molecule has 23 heteroatoms. The predicted molar refractivity (Wildman–Crippen MR) is 96.0 cm³/mol.